The molecule has 2 N–H and O–H groups in total. The molecule has 3 amide bonds. The van der Waals surface area contributed by atoms with Gasteiger partial charge in [-0.15, -0.1) is 0 Å². The number of halogens is 7. The lowest BCUT2D eigenvalue weighted by Crippen LogP contribution is -2.32. The summed E-state index contributed by atoms with van der Waals surface area (Å²) in [5.41, 5.74) is -1.04. The lowest BCUT2D eigenvalue weighted by molar-refractivity contribution is -0.137. The molecule has 1 aliphatic heterocycles. The van der Waals surface area contributed by atoms with Crippen LogP contribution in [0.15, 0.2) is 71.4 Å². The second-order valence-electron chi connectivity index (χ2n) is 7.59. The Morgan fingerprint density at radius 2 is 1.43 bits per heavy atom. The van der Waals surface area contributed by atoms with E-state index in [9.17, 15) is 27.6 Å². The average molecular weight is 589 g/mol. The van der Waals surface area contributed by atoms with E-state index in [1.54, 1.807) is 0 Å². The summed E-state index contributed by atoms with van der Waals surface area (Å²) in [5, 5.41) is 4.81. The van der Waals surface area contributed by atoms with Crippen LogP contribution in [0.5, 0.6) is 0 Å². The first-order chi connectivity index (χ1) is 17.4. The summed E-state index contributed by atoms with van der Waals surface area (Å²) in [6.45, 7) is 0. The molecule has 190 valence electrons. The summed E-state index contributed by atoms with van der Waals surface area (Å²) in [7, 11) is 0. The van der Waals surface area contributed by atoms with Gasteiger partial charge in [0.2, 0.25) is 0 Å². The number of amides is 3. The number of benzene rings is 3. The lowest BCUT2D eigenvalue weighted by atomic mass is 10.1. The number of nitrogens with one attached hydrogen (secondary N) is 2. The molecule has 1 aliphatic rings. The van der Waals surface area contributed by atoms with Gasteiger partial charge >= 0.3 is 6.18 Å². The fraction of sp³-hybridized carbons (Fsp3) is 0.0417. The van der Waals surface area contributed by atoms with E-state index in [4.69, 9.17) is 46.4 Å². The van der Waals surface area contributed by atoms with Gasteiger partial charge in [-0.05, 0) is 48.5 Å². The Bertz CT molecular complexity index is 1490. The van der Waals surface area contributed by atoms with Gasteiger partial charge in [-0.2, -0.15) is 13.2 Å². The Morgan fingerprint density at radius 3 is 2.14 bits per heavy atom. The number of anilines is 3. The number of hydrogen-bond donors (Lipinski definition) is 2. The van der Waals surface area contributed by atoms with E-state index < -0.39 is 34.5 Å². The third-order valence-electron chi connectivity index (χ3n) is 5.10. The van der Waals surface area contributed by atoms with Crippen LogP contribution in [0.1, 0.15) is 15.9 Å². The molecule has 0 unspecified atom stereocenters. The van der Waals surface area contributed by atoms with Crippen molar-refractivity contribution in [3.63, 3.8) is 0 Å². The zero-order valence-corrected chi connectivity index (χ0v) is 21.1. The molecule has 0 spiro atoms. The van der Waals surface area contributed by atoms with Gasteiger partial charge in [0.05, 0.1) is 26.3 Å². The van der Waals surface area contributed by atoms with E-state index in [0.29, 0.717) is 0 Å². The highest BCUT2D eigenvalue weighted by Crippen LogP contribution is 2.39. The molecule has 0 fully saturated rings. The molecule has 0 aromatic heterocycles. The van der Waals surface area contributed by atoms with Crippen molar-refractivity contribution in [2.75, 3.05) is 15.5 Å². The molecule has 13 heteroatoms. The first-order valence-electron chi connectivity index (χ1n) is 10.2. The fourth-order valence-corrected chi connectivity index (χ4v) is 4.21. The van der Waals surface area contributed by atoms with Crippen LogP contribution in [0.25, 0.3) is 0 Å². The maximum Gasteiger partial charge on any atom is 0.416 e. The smallest absolute Gasteiger partial charge is 0.350 e. The molecule has 4 rings (SSSR count). The van der Waals surface area contributed by atoms with Crippen LogP contribution in [0, 0.1) is 0 Å². The number of hydrogen-bond acceptors (Lipinski definition) is 4. The molecule has 3 aromatic rings. The zero-order valence-electron chi connectivity index (χ0n) is 18.1. The molecule has 0 aliphatic carbocycles. The second-order valence-corrected chi connectivity index (χ2v) is 9.19. The van der Waals surface area contributed by atoms with Gasteiger partial charge in [-0.3, -0.25) is 14.4 Å². The highest BCUT2D eigenvalue weighted by molar-refractivity contribution is 6.54. The fourth-order valence-electron chi connectivity index (χ4n) is 3.37. The summed E-state index contributed by atoms with van der Waals surface area (Å²) >= 11 is 24.2. The van der Waals surface area contributed by atoms with Crippen molar-refractivity contribution in [1.29, 1.82) is 0 Å². The number of imide groups is 1. The highest BCUT2D eigenvalue weighted by atomic mass is 35.5. The van der Waals surface area contributed by atoms with Crippen LogP contribution in [0.3, 0.4) is 0 Å². The standard InChI is InChI=1S/C24H12Cl4F3N3O3/c25-15-9-17(27)18(10-16(15)26)34-22(36)19(28)20(23(34)37)32-13-5-1-3-11(7-13)21(35)33-14-6-2-4-12(8-14)24(29,30)31/h1-10,32H,(H,33,35). The molecule has 0 saturated carbocycles. The molecule has 0 bridgehead atoms. The van der Waals surface area contributed by atoms with Crippen LogP contribution in [-0.2, 0) is 15.8 Å². The monoisotopic (exact) mass is 587 g/mol. The third kappa shape index (κ3) is 5.55. The van der Waals surface area contributed by atoms with Crippen molar-refractivity contribution in [3.8, 4) is 0 Å². The Kier molecular flexibility index (Phi) is 7.43. The van der Waals surface area contributed by atoms with E-state index in [1.807, 2.05) is 0 Å². The molecule has 1 heterocycles. The topological polar surface area (TPSA) is 78.5 Å². The van der Waals surface area contributed by atoms with Crippen LogP contribution in [0.2, 0.25) is 15.1 Å². The minimum Gasteiger partial charge on any atom is -0.350 e. The van der Waals surface area contributed by atoms with Crippen LogP contribution < -0.4 is 15.5 Å². The average Bonchev–Trinajstić information content (AvgIpc) is 3.04. The van der Waals surface area contributed by atoms with E-state index in [0.717, 1.165) is 17.0 Å². The molecule has 0 saturated heterocycles. The van der Waals surface area contributed by atoms with Crippen molar-refractivity contribution in [2.45, 2.75) is 6.18 Å². The first-order valence-corrected chi connectivity index (χ1v) is 11.7. The molecule has 6 nitrogen and oxygen atoms in total. The van der Waals surface area contributed by atoms with E-state index >= 15 is 0 Å². The van der Waals surface area contributed by atoms with Crippen LogP contribution in [-0.4, -0.2) is 17.7 Å². The van der Waals surface area contributed by atoms with Crippen molar-refractivity contribution in [3.05, 3.63) is 97.6 Å². The van der Waals surface area contributed by atoms with Gasteiger partial charge in [-0.25, -0.2) is 4.90 Å². The van der Waals surface area contributed by atoms with Gasteiger partial charge in [0.25, 0.3) is 17.7 Å². The van der Waals surface area contributed by atoms with Crippen LogP contribution in [0.4, 0.5) is 30.2 Å². The quantitative estimate of drug-likeness (QED) is 0.241. The minimum absolute atomic E-state index is 0.0184. The van der Waals surface area contributed by atoms with Gasteiger partial charge in [0.1, 0.15) is 10.7 Å². The number of rotatable bonds is 5. The number of nitrogens with zero attached hydrogens (tertiary/aromatic N) is 1. The van der Waals surface area contributed by atoms with Crippen LogP contribution >= 0.6 is 46.4 Å². The molecular formula is C24H12Cl4F3N3O3. The van der Waals surface area contributed by atoms with Crippen molar-refractivity contribution in [2.24, 2.45) is 0 Å². The van der Waals surface area contributed by atoms with Gasteiger partial charge in [-0.1, -0.05) is 58.5 Å². The SMILES string of the molecule is O=C(Nc1cccc(C(F)(F)F)c1)c1cccc(NC2=C(Cl)C(=O)N(c3cc(Cl)c(Cl)cc3Cl)C2=O)c1. The van der Waals surface area contributed by atoms with Crippen molar-refractivity contribution >= 4 is 81.2 Å². The highest BCUT2D eigenvalue weighted by Gasteiger charge is 2.40. The maximum absolute atomic E-state index is 13.0. The van der Waals surface area contributed by atoms with E-state index in [-0.39, 0.29) is 43.4 Å². The molecule has 0 radical (unpaired) electrons. The first kappa shape index (κ1) is 26.8. The Balaban J connectivity index is 1.55. The summed E-state index contributed by atoms with van der Waals surface area (Å²) < 4.78 is 38.9. The van der Waals surface area contributed by atoms with E-state index in [2.05, 4.69) is 10.6 Å². The Morgan fingerprint density at radius 1 is 0.784 bits per heavy atom. The Hall–Kier alpha value is -3.24. The molecule has 3 aromatic carbocycles. The van der Waals surface area contributed by atoms with Crippen molar-refractivity contribution < 1.29 is 27.6 Å². The maximum atomic E-state index is 13.0. The van der Waals surface area contributed by atoms with Crippen molar-refractivity contribution in [1.82, 2.24) is 0 Å². The number of alkyl halides is 3. The molecular weight excluding hydrogens is 577 g/mol. The normalized spacial score (nSPS) is 13.9. The summed E-state index contributed by atoms with van der Waals surface area (Å²) in [4.78, 5) is 39.2. The van der Waals surface area contributed by atoms with Gasteiger partial charge in [0, 0.05) is 16.9 Å². The summed E-state index contributed by atoms with van der Waals surface area (Å²) in [6.07, 6.45) is -4.57. The Labute approximate surface area is 227 Å². The van der Waals surface area contributed by atoms with E-state index in [1.165, 1.54) is 48.5 Å². The summed E-state index contributed by atoms with van der Waals surface area (Å²) in [6, 6.07) is 12.4. The third-order valence-corrected chi connectivity index (χ3v) is 6.48. The lowest BCUT2D eigenvalue weighted by Gasteiger charge is -2.17. The second kappa shape index (κ2) is 10.3. The van der Waals surface area contributed by atoms with Gasteiger partial charge < -0.3 is 10.6 Å². The molecule has 0 atom stereocenters. The number of carbonyl (C=O) groups excluding carboxylic acids is 3. The predicted molar refractivity (Wildman–Crippen MR) is 136 cm³/mol. The predicted octanol–water partition coefficient (Wildman–Crippen LogP) is 7.35. The number of carbonyl (C=O) groups is 3. The minimum atomic E-state index is -4.57. The largest absolute Gasteiger partial charge is 0.416 e. The van der Waals surface area contributed by atoms with Gasteiger partial charge in [0.15, 0.2) is 0 Å². The summed E-state index contributed by atoms with van der Waals surface area (Å²) in [5.74, 6) is -2.41. The zero-order chi connectivity index (χ0) is 27.1. The molecule has 37 heavy (non-hydrogen) atoms.